The van der Waals surface area contributed by atoms with Crippen LogP contribution < -0.4 is 14.8 Å². The van der Waals surface area contributed by atoms with Crippen LogP contribution in [0.4, 0.5) is 5.95 Å². The summed E-state index contributed by atoms with van der Waals surface area (Å²) in [6.45, 7) is 3.06. The largest absolute Gasteiger partial charge is 0.493 e. The van der Waals surface area contributed by atoms with E-state index in [0.717, 1.165) is 27.7 Å². The number of carbonyl (C=O) groups excluding carboxylic acids is 2. The molecular weight excluding hydrogens is 442 g/mol. The van der Waals surface area contributed by atoms with Gasteiger partial charge >= 0.3 is 0 Å². The summed E-state index contributed by atoms with van der Waals surface area (Å²) >= 11 is 0. The molecule has 0 aliphatic rings. The minimum absolute atomic E-state index is 0.0765. The molecule has 0 amide bonds. The molecule has 4 rings (SSSR count). The highest BCUT2D eigenvalue weighted by atomic mass is 16.5. The number of nitrogens with one attached hydrogen (secondary N) is 1. The van der Waals surface area contributed by atoms with Crippen molar-refractivity contribution in [2.45, 2.75) is 20.3 Å². The number of anilines is 1. The Hall–Kier alpha value is -4.26. The van der Waals surface area contributed by atoms with E-state index in [1.807, 2.05) is 66.7 Å². The Balaban J connectivity index is 0.000000795. The Labute approximate surface area is 205 Å². The third-order valence-electron chi connectivity index (χ3n) is 5.09. The second-order valence-electron chi connectivity index (χ2n) is 7.94. The number of hydrogen-bond acceptors (Lipinski definition) is 7. The second kappa shape index (κ2) is 11.7. The predicted molar refractivity (Wildman–Crippen MR) is 138 cm³/mol. The smallest absolute Gasteiger partial charge is 0.223 e. The number of methoxy groups -OCH3 is 2. The van der Waals surface area contributed by atoms with Gasteiger partial charge < -0.3 is 19.6 Å². The number of benzene rings is 3. The molecule has 0 bridgehead atoms. The van der Waals surface area contributed by atoms with E-state index >= 15 is 0 Å². The summed E-state index contributed by atoms with van der Waals surface area (Å²) in [5, 5.41) is 3.85. The topological polar surface area (TPSA) is 90.4 Å². The van der Waals surface area contributed by atoms with Gasteiger partial charge in [0.2, 0.25) is 5.95 Å². The third kappa shape index (κ3) is 6.41. The van der Waals surface area contributed by atoms with E-state index < -0.39 is 0 Å². The molecule has 0 atom stereocenters. The van der Waals surface area contributed by atoms with Crippen molar-refractivity contribution in [1.29, 1.82) is 0 Å². The highest BCUT2D eigenvalue weighted by molar-refractivity contribution is 5.98. The first-order valence-electron chi connectivity index (χ1n) is 11.1. The van der Waals surface area contributed by atoms with E-state index in [-0.39, 0.29) is 11.6 Å². The molecule has 0 fully saturated rings. The zero-order chi connectivity index (χ0) is 25.4. The number of hydrogen-bond donors (Lipinski definition) is 1. The van der Waals surface area contributed by atoms with Crippen molar-refractivity contribution >= 4 is 28.4 Å². The number of ether oxygens (including phenoxy) is 2. The van der Waals surface area contributed by atoms with Gasteiger partial charge in [0.05, 0.1) is 25.4 Å². The van der Waals surface area contributed by atoms with Gasteiger partial charge in [0.25, 0.3) is 0 Å². The number of aromatic nitrogens is 2. The summed E-state index contributed by atoms with van der Waals surface area (Å²) in [7, 11) is 4.97. The van der Waals surface area contributed by atoms with Crippen LogP contribution in [0.15, 0.2) is 66.7 Å². The Morgan fingerprint density at radius 2 is 1.51 bits per heavy atom. The van der Waals surface area contributed by atoms with Crippen molar-refractivity contribution in [3.05, 3.63) is 77.9 Å². The number of Topliss-reactive ketones (excluding diaryl/α,β-unsaturated/α-hetero) is 2. The molecule has 1 heterocycles. The van der Waals surface area contributed by atoms with Crippen molar-refractivity contribution in [3.63, 3.8) is 0 Å². The van der Waals surface area contributed by atoms with Gasteiger partial charge in [-0.15, -0.1) is 0 Å². The maximum atomic E-state index is 12.7. The van der Waals surface area contributed by atoms with Crippen LogP contribution in [0.5, 0.6) is 11.5 Å². The first kappa shape index (κ1) is 25.4. The molecular formula is C28H29N3O4. The number of rotatable bonds is 7. The van der Waals surface area contributed by atoms with Gasteiger partial charge in [0.1, 0.15) is 5.78 Å². The summed E-state index contributed by atoms with van der Waals surface area (Å²) in [6, 6.07) is 20.9. The summed E-state index contributed by atoms with van der Waals surface area (Å²) in [5.74, 6) is 1.95. The van der Waals surface area contributed by atoms with E-state index in [1.54, 1.807) is 21.3 Å². The summed E-state index contributed by atoms with van der Waals surface area (Å²) < 4.78 is 10.9. The zero-order valence-electron chi connectivity index (χ0n) is 20.6. The van der Waals surface area contributed by atoms with Crippen LogP contribution in [-0.2, 0) is 11.2 Å². The standard InChI is InChI=1S/C25H23N3O3.C3H6O/c1-26-25-27-20-15-23(31-3)22(30-2)14-19(20)24(28-25)18-11-7-8-16(12-18)13-21(29)17-9-5-4-6-10-17;1-3(2)4/h4-12,14-15H,13H2,1-3H3,(H,26,27,28);1-2H3. The molecule has 0 saturated carbocycles. The maximum Gasteiger partial charge on any atom is 0.223 e. The van der Waals surface area contributed by atoms with Crippen LogP contribution in [0, 0.1) is 0 Å². The molecule has 35 heavy (non-hydrogen) atoms. The lowest BCUT2D eigenvalue weighted by molar-refractivity contribution is -0.115. The van der Waals surface area contributed by atoms with Gasteiger partial charge in [0, 0.05) is 36.0 Å². The zero-order valence-corrected chi connectivity index (χ0v) is 20.6. The lowest BCUT2D eigenvalue weighted by Crippen LogP contribution is -2.04. The number of ketones is 2. The fraction of sp³-hybridized carbons (Fsp3) is 0.214. The molecule has 0 unspecified atom stereocenters. The van der Waals surface area contributed by atoms with E-state index in [1.165, 1.54) is 13.8 Å². The van der Waals surface area contributed by atoms with Crippen molar-refractivity contribution in [2.75, 3.05) is 26.6 Å². The molecule has 7 nitrogen and oxygen atoms in total. The Morgan fingerprint density at radius 1 is 0.857 bits per heavy atom. The SMILES string of the molecule is CC(C)=O.CNc1nc(-c2cccc(CC(=O)c3ccccc3)c2)c2cc(OC)c(OC)cc2n1. The molecule has 0 saturated heterocycles. The van der Waals surface area contributed by atoms with E-state index in [9.17, 15) is 9.59 Å². The normalized spacial score (nSPS) is 10.2. The Bertz CT molecular complexity index is 1330. The molecule has 0 aliphatic carbocycles. The monoisotopic (exact) mass is 471 g/mol. The first-order valence-corrected chi connectivity index (χ1v) is 11.1. The molecule has 0 radical (unpaired) electrons. The lowest BCUT2D eigenvalue weighted by Gasteiger charge is -2.13. The molecule has 7 heteroatoms. The average Bonchev–Trinajstić information content (AvgIpc) is 2.87. The molecule has 180 valence electrons. The van der Waals surface area contributed by atoms with Crippen LogP contribution in [0.2, 0.25) is 0 Å². The minimum Gasteiger partial charge on any atom is -0.493 e. The molecule has 0 aliphatic heterocycles. The minimum atomic E-state index is 0.0765. The van der Waals surface area contributed by atoms with E-state index in [0.29, 0.717) is 29.4 Å². The summed E-state index contributed by atoms with van der Waals surface area (Å²) in [4.78, 5) is 31.4. The number of nitrogens with zero attached hydrogens (tertiary/aromatic N) is 2. The highest BCUT2D eigenvalue weighted by Gasteiger charge is 2.15. The molecule has 4 aromatic rings. The Morgan fingerprint density at radius 3 is 2.14 bits per heavy atom. The van der Waals surface area contributed by atoms with Gasteiger partial charge in [-0.3, -0.25) is 4.79 Å². The van der Waals surface area contributed by atoms with Gasteiger partial charge in [-0.25, -0.2) is 9.97 Å². The fourth-order valence-electron chi connectivity index (χ4n) is 3.53. The van der Waals surface area contributed by atoms with Crippen LogP contribution in [0.1, 0.15) is 29.8 Å². The number of carbonyl (C=O) groups is 2. The van der Waals surface area contributed by atoms with Crippen molar-refractivity contribution < 1.29 is 19.1 Å². The lowest BCUT2D eigenvalue weighted by atomic mass is 9.99. The summed E-state index contributed by atoms with van der Waals surface area (Å²) in [5.41, 5.74) is 4.01. The molecule has 1 N–H and O–H groups in total. The maximum absolute atomic E-state index is 12.7. The van der Waals surface area contributed by atoms with Crippen molar-refractivity contribution in [2.24, 2.45) is 0 Å². The highest BCUT2D eigenvalue weighted by Crippen LogP contribution is 2.36. The Kier molecular flexibility index (Phi) is 8.51. The average molecular weight is 472 g/mol. The van der Waals surface area contributed by atoms with Gasteiger partial charge in [0.15, 0.2) is 17.3 Å². The van der Waals surface area contributed by atoms with Crippen molar-refractivity contribution in [3.8, 4) is 22.8 Å². The van der Waals surface area contributed by atoms with Gasteiger partial charge in [-0.05, 0) is 31.5 Å². The fourth-order valence-corrected chi connectivity index (χ4v) is 3.53. The first-order chi connectivity index (χ1) is 16.9. The number of fused-ring (bicyclic) bond motifs is 1. The van der Waals surface area contributed by atoms with Crippen LogP contribution in [0.25, 0.3) is 22.2 Å². The molecule has 0 spiro atoms. The van der Waals surface area contributed by atoms with Gasteiger partial charge in [-0.1, -0.05) is 48.5 Å². The van der Waals surface area contributed by atoms with Gasteiger partial charge in [-0.2, -0.15) is 0 Å². The second-order valence-corrected chi connectivity index (χ2v) is 7.94. The van der Waals surface area contributed by atoms with Crippen LogP contribution in [-0.4, -0.2) is 42.8 Å². The van der Waals surface area contributed by atoms with E-state index in [2.05, 4.69) is 10.3 Å². The van der Waals surface area contributed by atoms with E-state index in [4.69, 9.17) is 14.5 Å². The van der Waals surface area contributed by atoms with Crippen molar-refractivity contribution in [1.82, 2.24) is 9.97 Å². The summed E-state index contributed by atoms with van der Waals surface area (Å²) in [6.07, 6.45) is 0.316. The van der Waals surface area contributed by atoms with Crippen LogP contribution in [0.3, 0.4) is 0 Å². The quantitative estimate of drug-likeness (QED) is 0.362. The predicted octanol–water partition coefficient (Wildman–Crippen LogP) is 5.38. The van der Waals surface area contributed by atoms with Crippen LogP contribution >= 0.6 is 0 Å². The molecule has 3 aromatic carbocycles. The third-order valence-corrected chi connectivity index (χ3v) is 5.09. The molecule has 1 aromatic heterocycles.